The van der Waals surface area contributed by atoms with Crippen LogP contribution in [0.3, 0.4) is 0 Å². The lowest BCUT2D eigenvalue weighted by molar-refractivity contribution is -0.118. The van der Waals surface area contributed by atoms with Gasteiger partial charge in [-0.15, -0.1) is 0 Å². The molecule has 176 valence electrons. The van der Waals surface area contributed by atoms with Gasteiger partial charge in [-0.25, -0.2) is 5.43 Å². The summed E-state index contributed by atoms with van der Waals surface area (Å²) in [6.45, 7) is -0.242. The Balaban J connectivity index is 1.60. The van der Waals surface area contributed by atoms with Crippen LogP contribution in [0.4, 0.5) is 5.69 Å². The Morgan fingerprint density at radius 3 is 2.53 bits per heavy atom. The number of para-hydroxylation sites is 2. The van der Waals surface area contributed by atoms with Gasteiger partial charge < -0.3 is 24.6 Å². The van der Waals surface area contributed by atoms with Gasteiger partial charge in [0, 0.05) is 4.47 Å². The van der Waals surface area contributed by atoms with E-state index in [0.717, 1.165) is 0 Å². The molecule has 0 aromatic heterocycles. The highest BCUT2D eigenvalue weighted by atomic mass is 79.9. The summed E-state index contributed by atoms with van der Waals surface area (Å²) in [6.07, 6.45) is 1.41. The molecule has 0 fully saturated rings. The van der Waals surface area contributed by atoms with E-state index in [2.05, 4.69) is 31.8 Å². The van der Waals surface area contributed by atoms with E-state index in [9.17, 15) is 14.7 Å². The number of aromatic hydroxyl groups is 1. The van der Waals surface area contributed by atoms with E-state index in [-0.39, 0.29) is 23.8 Å². The van der Waals surface area contributed by atoms with Crippen LogP contribution >= 0.6 is 15.9 Å². The Hall–Kier alpha value is -4.05. The lowest BCUT2D eigenvalue weighted by Gasteiger charge is -2.12. The molecule has 0 spiro atoms. The minimum absolute atomic E-state index is 0.0826. The molecule has 0 aliphatic carbocycles. The maximum Gasteiger partial charge on any atom is 0.275 e. The fourth-order valence-electron chi connectivity index (χ4n) is 2.88. The lowest BCUT2D eigenvalue weighted by atomic mass is 10.2. The summed E-state index contributed by atoms with van der Waals surface area (Å²) in [4.78, 5) is 24.5. The van der Waals surface area contributed by atoms with E-state index in [4.69, 9.17) is 14.2 Å². The van der Waals surface area contributed by atoms with Crippen molar-refractivity contribution in [2.45, 2.75) is 0 Å². The predicted octanol–water partition coefficient (Wildman–Crippen LogP) is 3.95. The van der Waals surface area contributed by atoms with Gasteiger partial charge >= 0.3 is 0 Å². The van der Waals surface area contributed by atoms with Gasteiger partial charge in [0.05, 0.1) is 31.7 Å². The van der Waals surface area contributed by atoms with Crippen LogP contribution < -0.4 is 25.0 Å². The summed E-state index contributed by atoms with van der Waals surface area (Å²) in [5.74, 6) is 0.190. The van der Waals surface area contributed by atoms with E-state index in [0.29, 0.717) is 33.0 Å². The Bertz CT molecular complexity index is 1220. The fraction of sp³-hybridized carbons (Fsp3) is 0.125. The molecule has 0 unspecified atom stereocenters. The number of amides is 2. The van der Waals surface area contributed by atoms with Crippen molar-refractivity contribution in [3.63, 3.8) is 0 Å². The summed E-state index contributed by atoms with van der Waals surface area (Å²) in [7, 11) is 2.99. The quantitative estimate of drug-likeness (QED) is 0.286. The van der Waals surface area contributed by atoms with E-state index in [1.165, 1.54) is 32.6 Å². The van der Waals surface area contributed by atoms with E-state index in [1.807, 2.05) is 0 Å². The number of anilines is 1. The van der Waals surface area contributed by atoms with Crippen molar-refractivity contribution in [1.82, 2.24) is 5.43 Å². The number of nitrogens with zero attached hydrogens (tertiary/aromatic N) is 1. The molecule has 3 N–H and O–H groups in total. The molecule has 0 radical (unpaired) electrons. The van der Waals surface area contributed by atoms with Gasteiger partial charge in [-0.3, -0.25) is 9.59 Å². The standard InChI is InChI=1S/C24H22BrN3O6/c1-32-20-6-4-3-5-18(20)27-23(30)14-34-21-10-7-15(11-22(21)33-2)13-26-28-24(31)17-12-16(25)8-9-19(17)29/h3-13,29H,14H2,1-2H3,(H,27,30)(H,28,31)/b26-13-. The van der Waals surface area contributed by atoms with Gasteiger partial charge in [-0.1, -0.05) is 28.1 Å². The second-order valence-electron chi connectivity index (χ2n) is 6.81. The number of ether oxygens (including phenoxy) is 3. The number of benzene rings is 3. The van der Waals surface area contributed by atoms with Crippen molar-refractivity contribution in [3.05, 3.63) is 76.3 Å². The van der Waals surface area contributed by atoms with Crippen LogP contribution in [0.25, 0.3) is 0 Å². The number of methoxy groups -OCH3 is 2. The lowest BCUT2D eigenvalue weighted by Crippen LogP contribution is -2.20. The van der Waals surface area contributed by atoms with Gasteiger partial charge in [-0.05, 0) is 54.1 Å². The Morgan fingerprint density at radius 1 is 1.00 bits per heavy atom. The van der Waals surface area contributed by atoms with E-state index < -0.39 is 5.91 Å². The molecule has 3 aromatic carbocycles. The van der Waals surface area contributed by atoms with Gasteiger partial charge in [0.2, 0.25) is 0 Å². The minimum atomic E-state index is -0.567. The van der Waals surface area contributed by atoms with Crippen molar-refractivity contribution < 1.29 is 28.9 Å². The molecule has 10 heteroatoms. The number of phenols is 1. The molecule has 3 aromatic rings. The third-order valence-electron chi connectivity index (χ3n) is 4.51. The average molecular weight is 528 g/mol. The topological polar surface area (TPSA) is 118 Å². The summed E-state index contributed by atoms with van der Waals surface area (Å²) < 4.78 is 16.8. The van der Waals surface area contributed by atoms with Gasteiger partial charge in [0.25, 0.3) is 11.8 Å². The second kappa shape index (κ2) is 11.7. The Kier molecular flexibility index (Phi) is 8.47. The van der Waals surface area contributed by atoms with Crippen molar-refractivity contribution in [2.24, 2.45) is 5.10 Å². The maximum absolute atomic E-state index is 12.3. The van der Waals surface area contributed by atoms with Crippen molar-refractivity contribution in [1.29, 1.82) is 0 Å². The molecule has 0 aliphatic heterocycles. The number of halogens is 1. The molecular formula is C24H22BrN3O6. The van der Waals surface area contributed by atoms with E-state index >= 15 is 0 Å². The number of rotatable bonds is 9. The number of nitrogens with one attached hydrogen (secondary N) is 2. The van der Waals surface area contributed by atoms with Crippen LogP contribution in [0, 0.1) is 0 Å². The van der Waals surface area contributed by atoms with Crippen molar-refractivity contribution >= 4 is 39.6 Å². The summed E-state index contributed by atoms with van der Waals surface area (Å²) >= 11 is 3.25. The molecule has 2 amide bonds. The number of phenolic OH excluding ortho intramolecular Hbond substituents is 1. The summed E-state index contributed by atoms with van der Waals surface area (Å²) in [5, 5.41) is 16.5. The van der Waals surface area contributed by atoms with Crippen LogP contribution in [0.15, 0.2) is 70.2 Å². The summed E-state index contributed by atoms with van der Waals surface area (Å²) in [6, 6.07) is 16.5. The second-order valence-corrected chi connectivity index (χ2v) is 7.72. The zero-order valence-electron chi connectivity index (χ0n) is 18.4. The first-order valence-corrected chi connectivity index (χ1v) is 10.8. The molecular weight excluding hydrogens is 506 g/mol. The van der Waals surface area contributed by atoms with Gasteiger partial charge in [0.1, 0.15) is 11.5 Å². The highest BCUT2D eigenvalue weighted by molar-refractivity contribution is 9.10. The molecule has 0 heterocycles. The van der Waals surface area contributed by atoms with E-state index in [1.54, 1.807) is 48.5 Å². The van der Waals surface area contributed by atoms with Gasteiger partial charge in [0.15, 0.2) is 18.1 Å². The normalized spacial score (nSPS) is 10.6. The molecule has 0 bridgehead atoms. The smallest absolute Gasteiger partial charge is 0.275 e. The molecule has 0 aliphatic rings. The number of hydrazone groups is 1. The highest BCUT2D eigenvalue weighted by Crippen LogP contribution is 2.28. The van der Waals surface area contributed by atoms with Crippen LogP contribution in [0.5, 0.6) is 23.0 Å². The predicted molar refractivity (Wildman–Crippen MR) is 131 cm³/mol. The maximum atomic E-state index is 12.3. The zero-order chi connectivity index (χ0) is 24.5. The average Bonchev–Trinajstić information content (AvgIpc) is 2.84. The number of carbonyl (C=O) groups is 2. The zero-order valence-corrected chi connectivity index (χ0v) is 20.0. The largest absolute Gasteiger partial charge is 0.507 e. The number of hydrogen-bond acceptors (Lipinski definition) is 7. The molecule has 9 nitrogen and oxygen atoms in total. The first kappa shape index (κ1) is 24.6. The molecule has 0 atom stereocenters. The molecule has 0 saturated heterocycles. The first-order chi connectivity index (χ1) is 16.4. The number of carbonyl (C=O) groups excluding carboxylic acids is 2. The van der Waals surface area contributed by atoms with Crippen LogP contribution in [0.2, 0.25) is 0 Å². The van der Waals surface area contributed by atoms with Crippen LogP contribution in [-0.2, 0) is 4.79 Å². The van der Waals surface area contributed by atoms with Crippen LogP contribution in [-0.4, -0.2) is 44.0 Å². The fourth-order valence-corrected chi connectivity index (χ4v) is 3.24. The van der Waals surface area contributed by atoms with Gasteiger partial charge in [-0.2, -0.15) is 5.10 Å². The molecule has 0 saturated carbocycles. The monoisotopic (exact) mass is 527 g/mol. The minimum Gasteiger partial charge on any atom is -0.507 e. The molecule has 34 heavy (non-hydrogen) atoms. The Morgan fingerprint density at radius 2 is 1.76 bits per heavy atom. The SMILES string of the molecule is COc1ccccc1NC(=O)COc1ccc(/C=N\NC(=O)c2cc(Br)ccc2O)cc1OC. The Labute approximate surface area is 204 Å². The number of hydrogen-bond donors (Lipinski definition) is 3. The third-order valence-corrected chi connectivity index (χ3v) is 5.00. The van der Waals surface area contributed by atoms with Crippen molar-refractivity contribution in [3.8, 4) is 23.0 Å². The van der Waals surface area contributed by atoms with Crippen molar-refractivity contribution in [2.75, 3.05) is 26.1 Å². The first-order valence-electron chi connectivity index (χ1n) is 9.97. The third kappa shape index (κ3) is 6.48. The molecule has 3 rings (SSSR count). The highest BCUT2D eigenvalue weighted by Gasteiger charge is 2.12. The van der Waals surface area contributed by atoms with Crippen LogP contribution in [0.1, 0.15) is 15.9 Å². The summed E-state index contributed by atoms with van der Waals surface area (Å²) in [5.41, 5.74) is 3.59.